The van der Waals surface area contributed by atoms with Gasteiger partial charge in [-0.05, 0) is 64.9 Å². The van der Waals surface area contributed by atoms with Crippen LogP contribution >= 0.6 is 0 Å². The Labute approximate surface area is 224 Å². The lowest BCUT2D eigenvalue weighted by Gasteiger charge is -2.32. The molecule has 9 nitrogen and oxygen atoms in total. The highest BCUT2D eigenvalue weighted by Gasteiger charge is 2.52. The third-order valence-electron chi connectivity index (χ3n) is 7.79. The molecule has 10 heteroatoms. The van der Waals surface area contributed by atoms with Gasteiger partial charge in [-0.1, -0.05) is 31.9 Å². The zero-order valence-electron chi connectivity index (χ0n) is 23.2. The zero-order valence-corrected chi connectivity index (χ0v) is 23.2. The van der Waals surface area contributed by atoms with Crippen molar-refractivity contribution >= 4 is 24.6 Å². The summed E-state index contributed by atoms with van der Waals surface area (Å²) in [5.74, 6) is 6.46. The molecule has 3 N–H and O–H groups in total. The number of hydrogen-bond acceptors (Lipinski definition) is 5. The molecule has 1 aromatic heterocycles. The number of imidazole rings is 1. The normalized spacial score (nSPS) is 20.8. The second kappa shape index (κ2) is 10.5. The third kappa shape index (κ3) is 5.31. The summed E-state index contributed by atoms with van der Waals surface area (Å²) in [6, 6.07) is 4.92. The number of benzene rings is 1. The molecule has 38 heavy (non-hydrogen) atoms. The minimum Gasteiger partial charge on any atom is -0.465 e. The van der Waals surface area contributed by atoms with Crippen LogP contribution in [0, 0.1) is 17.8 Å². The van der Waals surface area contributed by atoms with Crippen LogP contribution in [0.2, 0.25) is 0 Å². The quantitative estimate of drug-likeness (QED) is 0.395. The van der Waals surface area contributed by atoms with Crippen LogP contribution in [0.25, 0.3) is 11.3 Å². The van der Waals surface area contributed by atoms with Gasteiger partial charge in [-0.15, -0.1) is 5.92 Å². The van der Waals surface area contributed by atoms with Crippen molar-refractivity contribution in [2.45, 2.75) is 84.6 Å². The van der Waals surface area contributed by atoms with Gasteiger partial charge in [-0.3, -0.25) is 4.79 Å². The summed E-state index contributed by atoms with van der Waals surface area (Å²) in [5.41, 5.74) is 2.50. The first-order valence-corrected chi connectivity index (χ1v) is 13.1. The highest BCUT2D eigenvalue weighted by atomic mass is 16.7. The van der Waals surface area contributed by atoms with E-state index in [4.69, 9.17) is 9.31 Å². The van der Waals surface area contributed by atoms with E-state index in [0.29, 0.717) is 12.4 Å². The van der Waals surface area contributed by atoms with Gasteiger partial charge in [0.15, 0.2) is 0 Å². The fourth-order valence-corrected chi connectivity index (χ4v) is 4.93. The minimum atomic E-state index is -1.21. The van der Waals surface area contributed by atoms with E-state index in [1.54, 1.807) is 18.0 Å². The average molecular weight is 520 g/mol. The number of nitrogens with one attached hydrogen (secondary N) is 2. The molecule has 0 spiro atoms. The number of amides is 2. The third-order valence-corrected chi connectivity index (χ3v) is 7.79. The molecule has 0 radical (unpaired) electrons. The molecule has 2 atom stereocenters. The number of nitrogens with zero attached hydrogens (tertiary/aromatic N) is 2. The lowest BCUT2D eigenvalue weighted by atomic mass is 9.75. The van der Waals surface area contributed by atoms with Crippen LogP contribution in [0.4, 0.5) is 4.79 Å². The smallest absolute Gasteiger partial charge is 0.465 e. The standard InChI is InChI=1S/C28H37BN4O5/c1-8-10-18-15-19(12-13-20(18)29-37-27(4,5)28(6,7)38-29)21-16-30-24(31-21)22-11-9-14-33(22)25(34)23(17(2)3)32-26(35)36/h12-13,15-17,22-23,32H,9,11,14H2,1-7H3,(H,30,31)(H,35,36)/t22-,23-/m0/s1. The van der Waals surface area contributed by atoms with Crippen molar-refractivity contribution in [1.82, 2.24) is 20.2 Å². The fourth-order valence-electron chi connectivity index (χ4n) is 4.93. The Morgan fingerprint density at radius 1 is 1.24 bits per heavy atom. The molecule has 4 rings (SSSR count). The lowest BCUT2D eigenvalue weighted by Crippen LogP contribution is -2.50. The Bertz CT molecular complexity index is 1260. The van der Waals surface area contributed by atoms with Crippen molar-refractivity contribution < 1.29 is 24.0 Å². The van der Waals surface area contributed by atoms with E-state index < -0.39 is 30.5 Å². The van der Waals surface area contributed by atoms with Crippen molar-refractivity contribution in [2.75, 3.05) is 6.54 Å². The predicted molar refractivity (Wildman–Crippen MR) is 146 cm³/mol. The van der Waals surface area contributed by atoms with Crippen molar-refractivity contribution in [3.8, 4) is 23.1 Å². The number of carbonyl (C=O) groups is 2. The first-order valence-electron chi connectivity index (χ1n) is 13.1. The molecule has 3 heterocycles. The summed E-state index contributed by atoms with van der Waals surface area (Å²) in [7, 11) is -0.520. The first kappa shape index (κ1) is 27.7. The van der Waals surface area contributed by atoms with Gasteiger partial charge >= 0.3 is 13.2 Å². The largest absolute Gasteiger partial charge is 0.496 e. The number of aromatic nitrogens is 2. The molecule has 2 amide bonds. The summed E-state index contributed by atoms with van der Waals surface area (Å²) in [4.78, 5) is 34.3. The van der Waals surface area contributed by atoms with Crippen LogP contribution in [-0.2, 0) is 14.1 Å². The van der Waals surface area contributed by atoms with E-state index in [0.717, 1.165) is 35.1 Å². The maximum atomic E-state index is 13.3. The monoisotopic (exact) mass is 520 g/mol. The number of hydrogen-bond donors (Lipinski definition) is 3. The zero-order chi connectivity index (χ0) is 27.8. The summed E-state index contributed by atoms with van der Waals surface area (Å²) in [5, 5.41) is 11.6. The molecule has 2 aliphatic rings. The van der Waals surface area contributed by atoms with Gasteiger partial charge in [-0.2, -0.15) is 0 Å². The highest BCUT2D eigenvalue weighted by Crippen LogP contribution is 2.37. The topological polar surface area (TPSA) is 117 Å². The van der Waals surface area contributed by atoms with E-state index in [-0.39, 0.29) is 17.9 Å². The fraction of sp³-hybridized carbons (Fsp3) is 0.536. The van der Waals surface area contributed by atoms with Gasteiger partial charge in [-0.25, -0.2) is 9.78 Å². The van der Waals surface area contributed by atoms with Crippen LogP contribution < -0.4 is 10.8 Å². The van der Waals surface area contributed by atoms with Gasteiger partial charge in [0.1, 0.15) is 11.9 Å². The number of rotatable bonds is 6. The maximum absolute atomic E-state index is 13.3. The summed E-state index contributed by atoms with van der Waals surface area (Å²) in [6.45, 7) is 14.1. The number of carboxylic acid groups (broad SMARTS) is 1. The van der Waals surface area contributed by atoms with E-state index in [1.807, 2.05) is 59.7 Å². The molecule has 2 aliphatic heterocycles. The number of carbonyl (C=O) groups excluding carboxylic acids is 1. The molecule has 0 bridgehead atoms. The molecule has 1 aromatic carbocycles. The summed E-state index contributed by atoms with van der Waals surface area (Å²) < 4.78 is 12.5. The van der Waals surface area contributed by atoms with Crippen LogP contribution in [-0.4, -0.2) is 62.9 Å². The Hall–Kier alpha value is -3.29. The molecular weight excluding hydrogens is 483 g/mol. The Kier molecular flexibility index (Phi) is 7.64. The molecule has 2 saturated heterocycles. The van der Waals surface area contributed by atoms with E-state index in [2.05, 4.69) is 27.1 Å². The Morgan fingerprint density at radius 2 is 1.92 bits per heavy atom. The van der Waals surface area contributed by atoms with Crippen LogP contribution in [0.3, 0.4) is 0 Å². The van der Waals surface area contributed by atoms with Crippen molar-refractivity contribution in [2.24, 2.45) is 5.92 Å². The average Bonchev–Trinajstić information content (AvgIpc) is 3.55. The minimum absolute atomic E-state index is 0.174. The number of likely N-dealkylation sites (tertiary alicyclic amines) is 1. The van der Waals surface area contributed by atoms with Gasteiger partial charge < -0.3 is 29.6 Å². The van der Waals surface area contributed by atoms with Gasteiger partial charge in [0, 0.05) is 17.7 Å². The Morgan fingerprint density at radius 3 is 2.53 bits per heavy atom. The second-order valence-corrected chi connectivity index (χ2v) is 11.3. The molecule has 0 saturated carbocycles. The summed E-state index contributed by atoms with van der Waals surface area (Å²) >= 11 is 0. The van der Waals surface area contributed by atoms with Crippen molar-refractivity contribution in [3.63, 3.8) is 0 Å². The van der Waals surface area contributed by atoms with E-state index in [1.165, 1.54) is 0 Å². The predicted octanol–water partition coefficient (Wildman–Crippen LogP) is 3.70. The van der Waals surface area contributed by atoms with E-state index in [9.17, 15) is 14.7 Å². The molecule has 202 valence electrons. The second-order valence-electron chi connectivity index (χ2n) is 11.3. The van der Waals surface area contributed by atoms with Crippen molar-refractivity contribution in [1.29, 1.82) is 0 Å². The van der Waals surface area contributed by atoms with Crippen LogP contribution in [0.5, 0.6) is 0 Å². The molecule has 2 fully saturated rings. The Balaban J connectivity index is 1.59. The van der Waals surface area contributed by atoms with Gasteiger partial charge in [0.25, 0.3) is 0 Å². The lowest BCUT2D eigenvalue weighted by molar-refractivity contribution is -0.135. The first-order chi connectivity index (χ1) is 17.8. The molecule has 0 unspecified atom stereocenters. The number of aromatic amines is 1. The maximum Gasteiger partial charge on any atom is 0.496 e. The molecule has 2 aromatic rings. The SMILES string of the molecule is CC#Cc1cc(-c2cnc([C@@H]3CCCN3C(=O)[C@@H](NC(=O)O)C(C)C)[nH]2)ccc1B1OC(C)(C)C(C)(C)O1. The van der Waals surface area contributed by atoms with Crippen LogP contribution in [0.1, 0.15) is 78.7 Å². The van der Waals surface area contributed by atoms with Crippen molar-refractivity contribution in [3.05, 3.63) is 35.8 Å². The summed E-state index contributed by atoms with van der Waals surface area (Å²) in [6.07, 6.45) is 2.13. The molecular formula is C28H37BN4O5. The highest BCUT2D eigenvalue weighted by molar-refractivity contribution is 6.62. The number of H-pyrrole nitrogens is 1. The van der Waals surface area contributed by atoms with Gasteiger partial charge in [0.05, 0.1) is 29.1 Å². The van der Waals surface area contributed by atoms with Crippen LogP contribution in [0.15, 0.2) is 24.4 Å². The van der Waals surface area contributed by atoms with E-state index >= 15 is 0 Å². The van der Waals surface area contributed by atoms with Gasteiger partial charge in [0.2, 0.25) is 5.91 Å². The molecule has 0 aliphatic carbocycles.